The van der Waals surface area contributed by atoms with E-state index in [1.54, 1.807) is 4.90 Å². The number of piperidine rings is 1. The average molecular weight is 259 g/mol. The number of hydrogen-bond acceptors (Lipinski definition) is 4. The normalized spacial score (nSPS) is 20.9. The fraction of sp³-hybridized carbons (Fsp3) is 0.923. The molecule has 0 aliphatic carbocycles. The fourth-order valence-corrected chi connectivity index (χ4v) is 1.89. The maximum Gasteiger partial charge on any atom is 0.412 e. The highest BCUT2D eigenvalue weighted by Gasteiger charge is 2.30. The Labute approximate surface area is 109 Å². The second-order valence-corrected chi connectivity index (χ2v) is 5.57. The van der Waals surface area contributed by atoms with Gasteiger partial charge in [0.1, 0.15) is 11.8 Å². The molecule has 1 atom stereocenters. The summed E-state index contributed by atoms with van der Waals surface area (Å²) in [6, 6.07) is 0. The fourth-order valence-electron chi connectivity index (χ4n) is 1.89. The zero-order valence-electron chi connectivity index (χ0n) is 11.6. The van der Waals surface area contributed by atoms with E-state index in [1.165, 1.54) is 0 Å². The van der Waals surface area contributed by atoms with Gasteiger partial charge in [0.25, 0.3) is 0 Å². The molecule has 1 amide bonds. The lowest BCUT2D eigenvalue weighted by molar-refractivity contribution is -0.0849. The van der Waals surface area contributed by atoms with Crippen molar-refractivity contribution in [2.75, 3.05) is 19.8 Å². The second-order valence-electron chi connectivity index (χ2n) is 5.57. The minimum atomic E-state index is -0.482. The largest absolute Gasteiger partial charge is 0.444 e. The van der Waals surface area contributed by atoms with Crippen LogP contribution in [-0.2, 0) is 9.47 Å². The zero-order valence-corrected chi connectivity index (χ0v) is 11.6. The van der Waals surface area contributed by atoms with Gasteiger partial charge < -0.3 is 14.6 Å². The van der Waals surface area contributed by atoms with E-state index in [4.69, 9.17) is 14.6 Å². The van der Waals surface area contributed by atoms with E-state index in [2.05, 4.69) is 0 Å². The van der Waals surface area contributed by atoms with Crippen molar-refractivity contribution in [3.63, 3.8) is 0 Å². The van der Waals surface area contributed by atoms with Crippen molar-refractivity contribution < 1.29 is 19.4 Å². The summed E-state index contributed by atoms with van der Waals surface area (Å²) in [5.41, 5.74) is -0.482. The molecule has 0 aromatic heterocycles. The number of rotatable bonds is 4. The summed E-state index contributed by atoms with van der Waals surface area (Å²) in [4.78, 5) is 13.7. The molecule has 1 unspecified atom stereocenters. The van der Waals surface area contributed by atoms with Gasteiger partial charge in [-0.3, -0.25) is 4.90 Å². The van der Waals surface area contributed by atoms with E-state index >= 15 is 0 Å². The van der Waals surface area contributed by atoms with Crippen molar-refractivity contribution in [1.29, 1.82) is 0 Å². The molecule has 0 saturated carbocycles. The van der Waals surface area contributed by atoms with Crippen LogP contribution in [0, 0.1) is 0 Å². The van der Waals surface area contributed by atoms with Crippen molar-refractivity contribution in [3.05, 3.63) is 0 Å². The van der Waals surface area contributed by atoms with Gasteiger partial charge in [-0.15, -0.1) is 0 Å². The molecule has 18 heavy (non-hydrogen) atoms. The van der Waals surface area contributed by atoms with Crippen molar-refractivity contribution in [2.45, 2.75) is 58.3 Å². The zero-order chi connectivity index (χ0) is 13.6. The Bertz CT molecular complexity index is 262. The first-order valence-corrected chi connectivity index (χ1v) is 6.66. The molecule has 1 saturated heterocycles. The maximum absolute atomic E-state index is 12.0. The van der Waals surface area contributed by atoms with Crippen LogP contribution in [0.1, 0.15) is 46.5 Å². The first kappa shape index (κ1) is 15.2. The van der Waals surface area contributed by atoms with Crippen LogP contribution < -0.4 is 0 Å². The lowest BCUT2D eigenvalue weighted by Gasteiger charge is -2.36. The summed E-state index contributed by atoms with van der Waals surface area (Å²) in [5, 5.41) is 8.74. The molecule has 0 radical (unpaired) electrons. The lowest BCUT2D eigenvalue weighted by atomic mass is 10.1. The minimum absolute atomic E-state index is 0.110. The summed E-state index contributed by atoms with van der Waals surface area (Å²) in [6.45, 7) is 6.84. The molecule has 0 bridgehead atoms. The van der Waals surface area contributed by atoms with Crippen LogP contribution in [0.2, 0.25) is 0 Å². The predicted octanol–water partition coefficient (Wildman–Crippen LogP) is 2.13. The van der Waals surface area contributed by atoms with Crippen molar-refractivity contribution in [1.82, 2.24) is 4.90 Å². The number of aliphatic hydroxyl groups is 1. The van der Waals surface area contributed by atoms with E-state index < -0.39 is 5.60 Å². The van der Waals surface area contributed by atoms with Crippen LogP contribution in [0.25, 0.3) is 0 Å². The molecule has 0 spiro atoms. The van der Waals surface area contributed by atoms with Crippen molar-refractivity contribution in [2.24, 2.45) is 0 Å². The smallest absolute Gasteiger partial charge is 0.412 e. The third-order valence-electron chi connectivity index (χ3n) is 2.69. The topological polar surface area (TPSA) is 59.0 Å². The molecule has 1 aliphatic heterocycles. The van der Waals surface area contributed by atoms with Crippen LogP contribution in [-0.4, -0.2) is 47.7 Å². The molecule has 1 aliphatic rings. The molecule has 1 fully saturated rings. The molecule has 1 heterocycles. The predicted molar refractivity (Wildman–Crippen MR) is 68.2 cm³/mol. The molecule has 1 N–H and O–H groups in total. The number of likely N-dealkylation sites (tertiary alicyclic amines) is 1. The van der Waals surface area contributed by atoms with E-state index in [1.807, 2.05) is 20.8 Å². The number of nitrogens with zero attached hydrogens (tertiary/aromatic N) is 1. The quantitative estimate of drug-likeness (QED) is 0.786. The molecule has 5 nitrogen and oxygen atoms in total. The summed E-state index contributed by atoms with van der Waals surface area (Å²) in [7, 11) is 0. The Hall–Kier alpha value is -0.810. The average Bonchev–Trinajstić information content (AvgIpc) is 2.27. The number of carbonyl (C=O) groups is 1. The lowest BCUT2D eigenvalue weighted by Crippen LogP contribution is -2.47. The summed E-state index contributed by atoms with van der Waals surface area (Å²) >= 11 is 0. The Morgan fingerprint density at radius 3 is 2.72 bits per heavy atom. The highest BCUT2D eigenvalue weighted by atomic mass is 16.6. The number of aliphatic hydroxyl groups excluding tert-OH is 1. The number of hydrogen-bond donors (Lipinski definition) is 1. The van der Waals surface area contributed by atoms with Gasteiger partial charge in [0.2, 0.25) is 0 Å². The first-order chi connectivity index (χ1) is 8.44. The van der Waals surface area contributed by atoms with Crippen LogP contribution >= 0.6 is 0 Å². The molecule has 106 valence electrons. The van der Waals surface area contributed by atoms with Crippen LogP contribution in [0.5, 0.6) is 0 Å². The van der Waals surface area contributed by atoms with Crippen LogP contribution in [0.4, 0.5) is 4.79 Å². The maximum atomic E-state index is 12.0. The third-order valence-corrected chi connectivity index (χ3v) is 2.69. The second kappa shape index (κ2) is 6.95. The molecule has 5 heteroatoms. The van der Waals surface area contributed by atoms with Gasteiger partial charge in [-0.25, -0.2) is 4.79 Å². The SMILES string of the molecule is CC(C)(C)OC(=O)N1CCCCC1OCCCO. The highest BCUT2D eigenvalue weighted by Crippen LogP contribution is 2.21. The van der Waals surface area contributed by atoms with Gasteiger partial charge in [-0.1, -0.05) is 0 Å². The van der Waals surface area contributed by atoms with E-state index in [9.17, 15) is 4.79 Å². The molecule has 1 rings (SSSR count). The van der Waals surface area contributed by atoms with Gasteiger partial charge in [0, 0.05) is 13.2 Å². The Kier molecular flexibility index (Phi) is 5.88. The number of amides is 1. The third kappa shape index (κ3) is 5.23. The Morgan fingerprint density at radius 2 is 2.11 bits per heavy atom. The molecular formula is C13H25NO4. The molecule has 0 aromatic carbocycles. The van der Waals surface area contributed by atoms with Crippen LogP contribution in [0.3, 0.4) is 0 Å². The summed E-state index contributed by atoms with van der Waals surface area (Å²) in [6.07, 6.45) is 2.96. The molecular weight excluding hydrogens is 234 g/mol. The standard InChI is InChI=1S/C13H25NO4/c1-13(2,3)18-12(16)14-8-5-4-7-11(14)17-10-6-9-15/h11,15H,4-10H2,1-3H3. The van der Waals surface area contributed by atoms with Gasteiger partial charge in [0.15, 0.2) is 0 Å². The van der Waals surface area contributed by atoms with E-state index in [0.29, 0.717) is 19.6 Å². The number of carbonyl (C=O) groups excluding carboxylic acids is 1. The van der Waals surface area contributed by atoms with Crippen LogP contribution in [0.15, 0.2) is 0 Å². The first-order valence-electron chi connectivity index (χ1n) is 6.66. The Balaban J connectivity index is 2.50. The van der Waals surface area contributed by atoms with Crippen molar-refractivity contribution >= 4 is 6.09 Å². The van der Waals surface area contributed by atoms with Crippen molar-refractivity contribution in [3.8, 4) is 0 Å². The summed E-state index contributed by atoms with van der Waals surface area (Å²) < 4.78 is 11.0. The van der Waals surface area contributed by atoms with Gasteiger partial charge >= 0.3 is 6.09 Å². The monoisotopic (exact) mass is 259 g/mol. The molecule has 0 aromatic rings. The van der Waals surface area contributed by atoms with E-state index in [0.717, 1.165) is 19.3 Å². The summed E-state index contributed by atoms with van der Waals surface area (Å²) in [5.74, 6) is 0. The van der Waals surface area contributed by atoms with E-state index in [-0.39, 0.29) is 18.9 Å². The van der Waals surface area contributed by atoms with Gasteiger partial charge in [-0.05, 0) is 46.5 Å². The minimum Gasteiger partial charge on any atom is -0.444 e. The van der Waals surface area contributed by atoms with Gasteiger partial charge in [-0.2, -0.15) is 0 Å². The van der Waals surface area contributed by atoms with Gasteiger partial charge in [0.05, 0.1) is 6.61 Å². The Morgan fingerprint density at radius 1 is 1.39 bits per heavy atom. The highest BCUT2D eigenvalue weighted by molar-refractivity contribution is 5.68. The number of ether oxygens (including phenoxy) is 2.